The monoisotopic (exact) mass is 443 g/mol. The van der Waals surface area contributed by atoms with E-state index in [2.05, 4.69) is 5.32 Å². The van der Waals surface area contributed by atoms with Gasteiger partial charge in [-0.2, -0.15) is 0 Å². The molecule has 0 bridgehead atoms. The third-order valence-electron chi connectivity index (χ3n) is 6.11. The lowest BCUT2D eigenvalue weighted by Gasteiger charge is -2.34. The fourth-order valence-electron chi connectivity index (χ4n) is 4.56. The highest BCUT2D eigenvalue weighted by Crippen LogP contribution is 2.34. The third-order valence-corrected chi connectivity index (χ3v) is 6.11. The number of carbonyl (C=O) groups excluding carboxylic acids is 3. The second-order valence-electron chi connectivity index (χ2n) is 9.62. The number of amides is 3. The highest BCUT2D eigenvalue weighted by atomic mass is 16.6. The lowest BCUT2D eigenvalue weighted by molar-refractivity contribution is -0.135. The van der Waals surface area contributed by atoms with E-state index in [0.717, 1.165) is 24.0 Å². The molecule has 0 spiro atoms. The lowest BCUT2D eigenvalue weighted by atomic mass is 9.86. The maximum Gasteiger partial charge on any atom is 0.420 e. The third kappa shape index (κ3) is 4.28. The van der Waals surface area contributed by atoms with Gasteiger partial charge in [-0.15, -0.1) is 0 Å². The van der Waals surface area contributed by atoms with Crippen LogP contribution in [0.3, 0.4) is 0 Å². The standard InChI is InChI=1S/C23H29N3O6/c1-13-11-17-18(31-22(30)26(17)16-5-6-19(27)24-20(16)28)12-15(13)14-7-9-25(10-8-14)21(29)32-23(2,3)4/h11-12,14,16H,5-10H2,1-4H3,(H,24,27,28). The Hall–Kier alpha value is -3.10. The Morgan fingerprint density at radius 3 is 2.44 bits per heavy atom. The van der Waals surface area contributed by atoms with Crippen LogP contribution >= 0.6 is 0 Å². The summed E-state index contributed by atoms with van der Waals surface area (Å²) in [6.07, 6.45) is 1.72. The average molecular weight is 444 g/mol. The molecule has 2 aliphatic rings. The zero-order valence-corrected chi connectivity index (χ0v) is 18.9. The van der Waals surface area contributed by atoms with Crippen molar-refractivity contribution in [2.75, 3.05) is 13.1 Å². The zero-order valence-electron chi connectivity index (χ0n) is 18.9. The van der Waals surface area contributed by atoms with Gasteiger partial charge in [-0.25, -0.2) is 9.59 Å². The summed E-state index contributed by atoms with van der Waals surface area (Å²) in [7, 11) is 0. The van der Waals surface area contributed by atoms with Crippen LogP contribution < -0.4 is 11.1 Å². The minimum Gasteiger partial charge on any atom is -0.444 e. The van der Waals surface area contributed by atoms with E-state index in [9.17, 15) is 19.2 Å². The van der Waals surface area contributed by atoms with Gasteiger partial charge in [-0.3, -0.25) is 19.5 Å². The van der Waals surface area contributed by atoms with Crippen LogP contribution in [0.4, 0.5) is 4.79 Å². The van der Waals surface area contributed by atoms with Gasteiger partial charge in [-0.05, 0) is 76.1 Å². The van der Waals surface area contributed by atoms with Gasteiger partial charge >= 0.3 is 11.8 Å². The zero-order chi connectivity index (χ0) is 23.2. The van der Waals surface area contributed by atoms with E-state index in [4.69, 9.17) is 9.15 Å². The number of fused-ring (bicyclic) bond motifs is 1. The first kappa shape index (κ1) is 22.1. The Bertz CT molecular complexity index is 1130. The fraction of sp³-hybridized carbons (Fsp3) is 0.565. The molecule has 2 aromatic rings. The quantitative estimate of drug-likeness (QED) is 0.715. The maximum absolute atomic E-state index is 12.6. The molecule has 4 rings (SSSR count). The van der Waals surface area contributed by atoms with Crippen LogP contribution in [0.1, 0.15) is 69.5 Å². The van der Waals surface area contributed by atoms with Crippen LogP contribution in [-0.2, 0) is 14.3 Å². The number of nitrogens with zero attached hydrogens (tertiary/aromatic N) is 2. The van der Waals surface area contributed by atoms with Gasteiger partial charge in [-0.1, -0.05) is 0 Å². The summed E-state index contributed by atoms with van der Waals surface area (Å²) in [5, 5.41) is 2.29. The first-order valence-electron chi connectivity index (χ1n) is 11.0. The first-order valence-corrected chi connectivity index (χ1v) is 11.0. The van der Waals surface area contributed by atoms with E-state index in [0.29, 0.717) is 24.2 Å². The van der Waals surface area contributed by atoms with E-state index >= 15 is 0 Å². The smallest absolute Gasteiger partial charge is 0.420 e. The van der Waals surface area contributed by atoms with Crippen LogP contribution in [0, 0.1) is 6.92 Å². The SMILES string of the molecule is Cc1cc2c(cc1C1CCN(C(=O)OC(C)(C)C)CC1)oc(=O)n2C1CCC(=O)NC1=O. The van der Waals surface area contributed by atoms with Gasteiger partial charge < -0.3 is 14.1 Å². The van der Waals surface area contributed by atoms with Crippen molar-refractivity contribution in [1.29, 1.82) is 0 Å². The molecule has 1 N–H and O–H groups in total. The van der Waals surface area contributed by atoms with E-state index in [1.54, 1.807) is 4.90 Å². The van der Waals surface area contributed by atoms with Crippen molar-refractivity contribution in [2.45, 2.75) is 70.9 Å². The predicted octanol–water partition coefficient (Wildman–Crippen LogP) is 3.00. The number of likely N-dealkylation sites (tertiary alicyclic amines) is 1. The molecule has 1 aromatic carbocycles. The second kappa shape index (κ2) is 8.11. The number of benzene rings is 1. The Morgan fingerprint density at radius 1 is 1.12 bits per heavy atom. The summed E-state index contributed by atoms with van der Waals surface area (Å²) >= 11 is 0. The first-order chi connectivity index (χ1) is 15.0. The summed E-state index contributed by atoms with van der Waals surface area (Å²) in [6, 6.07) is 2.99. The fourth-order valence-corrected chi connectivity index (χ4v) is 4.56. The number of nitrogens with one attached hydrogen (secondary N) is 1. The number of hydrogen-bond acceptors (Lipinski definition) is 6. The summed E-state index contributed by atoms with van der Waals surface area (Å²) in [5.74, 6) is -1.20. The minimum absolute atomic E-state index is 0.183. The Labute approximate surface area is 185 Å². The van der Waals surface area contributed by atoms with Gasteiger partial charge in [0.25, 0.3) is 0 Å². The van der Waals surface area contributed by atoms with Crippen LogP contribution in [0.2, 0.25) is 0 Å². The molecule has 2 fully saturated rings. The normalized spacial score (nSPS) is 20.5. The lowest BCUT2D eigenvalue weighted by Crippen LogP contribution is -2.43. The van der Waals surface area contributed by atoms with Gasteiger partial charge in [0.15, 0.2) is 5.58 Å². The van der Waals surface area contributed by atoms with Crippen molar-refractivity contribution >= 4 is 29.0 Å². The molecule has 9 heteroatoms. The number of aryl methyl sites for hydroxylation is 1. The molecule has 9 nitrogen and oxygen atoms in total. The van der Waals surface area contributed by atoms with E-state index < -0.39 is 23.3 Å². The summed E-state index contributed by atoms with van der Waals surface area (Å²) in [6.45, 7) is 8.72. The van der Waals surface area contributed by atoms with Crippen LogP contribution in [0.25, 0.3) is 11.1 Å². The van der Waals surface area contributed by atoms with Crippen LogP contribution in [0.15, 0.2) is 21.3 Å². The van der Waals surface area contributed by atoms with E-state index in [1.165, 1.54) is 4.57 Å². The van der Waals surface area contributed by atoms with Crippen molar-refractivity contribution < 1.29 is 23.5 Å². The second-order valence-corrected chi connectivity index (χ2v) is 9.62. The largest absolute Gasteiger partial charge is 0.444 e. The van der Waals surface area contributed by atoms with Crippen molar-refractivity contribution in [2.24, 2.45) is 0 Å². The molecular weight excluding hydrogens is 414 g/mol. The molecule has 2 saturated heterocycles. The molecule has 3 heterocycles. The number of imide groups is 1. The van der Waals surface area contributed by atoms with Crippen LogP contribution in [0.5, 0.6) is 0 Å². The van der Waals surface area contributed by atoms with Crippen molar-refractivity contribution in [1.82, 2.24) is 14.8 Å². The van der Waals surface area contributed by atoms with E-state index in [-0.39, 0.29) is 30.8 Å². The van der Waals surface area contributed by atoms with E-state index in [1.807, 2.05) is 39.8 Å². The van der Waals surface area contributed by atoms with Gasteiger partial charge in [0.2, 0.25) is 11.8 Å². The number of hydrogen-bond donors (Lipinski definition) is 1. The Balaban J connectivity index is 1.55. The van der Waals surface area contributed by atoms with Crippen molar-refractivity contribution in [3.05, 3.63) is 33.8 Å². The molecule has 1 unspecified atom stereocenters. The van der Waals surface area contributed by atoms with Crippen molar-refractivity contribution in [3.8, 4) is 0 Å². The van der Waals surface area contributed by atoms with Gasteiger partial charge in [0, 0.05) is 19.5 Å². The minimum atomic E-state index is -0.760. The molecule has 0 radical (unpaired) electrons. The van der Waals surface area contributed by atoms with Gasteiger partial charge in [0.05, 0.1) is 5.52 Å². The number of rotatable bonds is 2. The average Bonchev–Trinajstić information content (AvgIpc) is 3.01. The predicted molar refractivity (Wildman–Crippen MR) is 116 cm³/mol. The maximum atomic E-state index is 12.6. The molecule has 0 saturated carbocycles. The van der Waals surface area contributed by atoms with Crippen LogP contribution in [-0.4, -0.2) is 46.1 Å². The molecule has 1 atom stereocenters. The Kier molecular flexibility index (Phi) is 5.60. The number of aromatic nitrogens is 1. The molecule has 0 aliphatic carbocycles. The topological polar surface area (TPSA) is 111 Å². The summed E-state index contributed by atoms with van der Waals surface area (Å²) in [5.41, 5.74) is 2.52. The van der Waals surface area contributed by atoms with Crippen molar-refractivity contribution in [3.63, 3.8) is 0 Å². The number of ether oxygens (including phenoxy) is 1. The van der Waals surface area contributed by atoms with Gasteiger partial charge in [0.1, 0.15) is 11.6 Å². The molecule has 32 heavy (non-hydrogen) atoms. The number of piperidine rings is 2. The summed E-state index contributed by atoms with van der Waals surface area (Å²) in [4.78, 5) is 50.4. The number of oxazole rings is 1. The number of carbonyl (C=O) groups is 3. The molecular formula is C23H29N3O6. The molecule has 3 amide bonds. The summed E-state index contributed by atoms with van der Waals surface area (Å²) < 4.78 is 12.3. The molecule has 2 aliphatic heterocycles. The molecule has 172 valence electrons. The highest BCUT2D eigenvalue weighted by Gasteiger charge is 2.32. The highest BCUT2D eigenvalue weighted by molar-refractivity contribution is 6.00. The molecule has 1 aromatic heterocycles. The Morgan fingerprint density at radius 2 is 1.81 bits per heavy atom.